The summed E-state index contributed by atoms with van der Waals surface area (Å²) in [5.74, 6) is -0.372. The molecule has 30 heavy (non-hydrogen) atoms. The minimum Gasteiger partial charge on any atom is -0.383 e. The van der Waals surface area contributed by atoms with Crippen molar-refractivity contribution < 1.29 is 22.1 Å². The van der Waals surface area contributed by atoms with Crippen molar-refractivity contribution in [2.24, 2.45) is 5.92 Å². The summed E-state index contributed by atoms with van der Waals surface area (Å²) in [5, 5.41) is 0.443. The second kappa shape index (κ2) is 8.30. The molecule has 0 fully saturated rings. The van der Waals surface area contributed by atoms with Crippen LogP contribution in [0, 0.1) is 12.8 Å². The fraction of sp³-hybridized carbons (Fsp3) is 0.318. The zero-order valence-electron chi connectivity index (χ0n) is 19.5. The SMILES string of the molecule is [2H]C([2H])([2H])c1cc2cc(C(=O)N(Cc3ccc(C(F)(F)F)cn3)CC(C)C)ccc2nc1N. The van der Waals surface area contributed by atoms with E-state index in [1.54, 1.807) is 12.1 Å². The number of amides is 1. The number of nitrogen functional groups attached to an aromatic ring is 1. The third kappa shape index (κ3) is 4.87. The van der Waals surface area contributed by atoms with Crippen molar-refractivity contribution in [3.63, 3.8) is 0 Å². The summed E-state index contributed by atoms with van der Waals surface area (Å²) >= 11 is 0. The Kier molecular flexibility index (Phi) is 4.89. The number of nitrogens with zero attached hydrogens (tertiary/aromatic N) is 3. The quantitative estimate of drug-likeness (QED) is 0.643. The highest BCUT2D eigenvalue weighted by Crippen LogP contribution is 2.28. The largest absolute Gasteiger partial charge is 0.417 e. The third-order valence-electron chi connectivity index (χ3n) is 4.47. The second-order valence-electron chi connectivity index (χ2n) is 7.44. The van der Waals surface area contributed by atoms with E-state index in [1.165, 1.54) is 23.1 Å². The van der Waals surface area contributed by atoms with E-state index in [-0.39, 0.29) is 35.3 Å². The van der Waals surface area contributed by atoms with E-state index in [0.717, 1.165) is 12.3 Å². The van der Waals surface area contributed by atoms with Gasteiger partial charge in [0.2, 0.25) is 0 Å². The first-order valence-electron chi connectivity index (χ1n) is 10.8. The Morgan fingerprint density at radius 1 is 1.23 bits per heavy atom. The van der Waals surface area contributed by atoms with Crippen molar-refractivity contribution in [3.05, 3.63) is 65.0 Å². The average Bonchev–Trinajstić information content (AvgIpc) is 2.70. The molecule has 0 aliphatic carbocycles. The zero-order valence-corrected chi connectivity index (χ0v) is 16.5. The lowest BCUT2D eigenvalue weighted by molar-refractivity contribution is -0.137. The van der Waals surface area contributed by atoms with E-state index in [0.29, 0.717) is 23.1 Å². The van der Waals surface area contributed by atoms with Gasteiger partial charge in [-0.15, -0.1) is 0 Å². The van der Waals surface area contributed by atoms with Crippen LogP contribution in [0.5, 0.6) is 0 Å². The van der Waals surface area contributed by atoms with Crippen LogP contribution >= 0.6 is 0 Å². The number of anilines is 1. The molecule has 0 radical (unpaired) electrons. The van der Waals surface area contributed by atoms with Crippen LogP contribution in [0.25, 0.3) is 10.9 Å². The smallest absolute Gasteiger partial charge is 0.383 e. The van der Waals surface area contributed by atoms with Gasteiger partial charge in [-0.25, -0.2) is 4.98 Å². The molecule has 3 aromatic rings. The van der Waals surface area contributed by atoms with Crippen molar-refractivity contribution in [3.8, 4) is 0 Å². The predicted molar refractivity (Wildman–Crippen MR) is 110 cm³/mol. The second-order valence-corrected chi connectivity index (χ2v) is 7.44. The molecule has 0 aliphatic heterocycles. The summed E-state index contributed by atoms with van der Waals surface area (Å²) in [6.45, 7) is 1.74. The number of halogens is 3. The topological polar surface area (TPSA) is 72.1 Å². The monoisotopic (exact) mass is 419 g/mol. The number of rotatable bonds is 5. The standard InChI is InChI=1S/C22H23F3N4O/c1-13(2)11-29(12-18-6-5-17(10-27-18)22(23,24)25)21(30)15-4-7-19-16(9-15)8-14(3)20(26)28-19/h4-10,13H,11-12H2,1-3H3,(H2,26,28)/i3D3. The van der Waals surface area contributed by atoms with Gasteiger partial charge in [-0.1, -0.05) is 13.8 Å². The molecular weight excluding hydrogens is 393 g/mol. The number of fused-ring (bicyclic) bond motifs is 1. The molecule has 1 amide bonds. The Bertz CT molecular complexity index is 1160. The minimum atomic E-state index is -4.49. The van der Waals surface area contributed by atoms with Crippen molar-refractivity contribution in [2.75, 3.05) is 12.3 Å². The number of aromatic nitrogens is 2. The lowest BCUT2D eigenvalue weighted by Crippen LogP contribution is -2.34. The van der Waals surface area contributed by atoms with E-state index < -0.39 is 18.6 Å². The number of hydrogen-bond acceptors (Lipinski definition) is 4. The van der Waals surface area contributed by atoms with Crippen LogP contribution in [0.4, 0.5) is 19.0 Å². The molecule has 1 aromatic carbocycles. The Labute approximate surface area is 177 Å². The van der Waals surface area contributed by atoms with Crippen LogP contribution < -0.4 is 5.73 Å². The molecule has 2 aromatic heterocycles. The first-order valence-corrected chi connectivity index (χ1v) is 9.28. The van der Waals surface area contributed by atoms with Crippen LogP contribution in [0.3, 0.4) is 0 Å². The van der Waals surface area contributed by atoms with E-state index >= 15 is 0 Å². The lowest BCUT2D eigenvalue weighted by Gasteiger charge is -2.25. The van der Waals surface area contributed by atoms with Gasteiger partial charge in [0.05, 0.1) is 23.3 Å². The molecule has 0 unspecified atom stereocenters. The maximum absolute atomic E-state index is 13.3. The minimum absolute atomic E-state index is 0.0215. The van der Waals surface area contributed by atoms with Crippen molar-refractivity contribution in [1.82, 2.24) is 14.9 Å². The molecule has 0 bridgehead atoms. The summed E-state index contributed by atoms with van der Waals surface area (Å²) in [6.07, 6.45) is -3.75. The summed E-state index contributed by atoms with van der Waals surface area (Å²) in [5.41, 5.74) is 5.86. The first kappa shape index (κ1) is 17.7. The Balaban J connectivity index is 1.93. The van der Waals surface area contributed by atoms with Gasteiger partial charge in [-0.2, -0.15) is 13.2 Å². The number of alkyl halides is 3. The molecule has 8 heteroatoms. The number of carbonyl (C=O) groups excluding carboxylic acids is 1. The normalized spacial score (nSPS) is 13.7. The van der Waals surface area contributed by atoms with Crippen LogP contribution in [-0.4, -0.2) is 27.3 Å². The van der Waals surface area contributed by atoms with Gasteiger partial charge in [0.15, 0.2) is 0 Å². The molecular formula is C22H23F3N4O. The van der Waals surface area contributed by atoms with Crippen molar-refractivity contribution in [1.29, 1.82) is 0 Å². The van der Waals surface area contributed by atoms with Crippen molar-refractivity contribution in [2.45, 2.75) is 33.4 Å². The summed E-state index contributed by atoms with van der Waals surface area (Å²) in [4.78, 5) is 22.8. The van der Waals surface area contributed by atoms with Crippen LogP contribution in [0.2, 0.25) is 0 Å². The summed E-state index contributed by atoms with van der Waals surface area (Å²) < 4.78 is 61.3. The lowest BCUT2D eigenvalue weighted by atomic mass is 10.1. The molecule has 2 N–H and O–H groups in total. The zero-order chi connectivity index (χ0) is 24.6. The average molecular weight is 419 g/mol. The maximum atomic E-state index is 13.3. The van der Waals surface area contributed by atoms with Crippen LogP contribution in [0.15, 0.2) is 42.6 Å². The molecule has 0 aliphatic rings. The Morgan fingerprint density at radius 2 is 2.00 bits per heavy atom. The van der Waals surface area contributed by atoms with Gasteiger partial charge in [-0.3, -0.25) is 9.78 Å². The molecule has 0 atom stereocenters. The van der Waals surface area contributed by atoms with Gasteiger partial charge in [0.25, 0.3) is 5.91 Å². The van der Waals surface area contributed by atoms with Gasteiger partial charge < -0.3 is 10.6 Å². The first-order chi connectivity index (χ1) is 15.3. The maximum Gasteiger partial charge on any atom is 0.417 e. The molecule has 0 saturated carbocycles. The summed E-state index contributed by atoms with van der Waals surface area (Å²) in [6, 6.07) is 8.24. The molecule has 5 nitrogen and oxygen atoms in total. The van der Waals surface area contributed by atoms with Gasteiger partial charge in [-0.05, 0) is 54.7 Å². The number of pyridine rings is 2. The highest BCUT2D eigenvalue weighted by molar-refractivity contribution is 5.98. The highest BCUT2D eigenvalue weighted by Gasteiger charge is 2.30. The predicted octanol–water partition coefficient (Wildman–Crippen LogP) is 4.84. The Morgan fingerprint density at radius 3 is 2.60 bits per heavy atom. The highest BCUT2D eigenvalue weighted by atomic mass is 19.4. The van der Waals surface area contributed by atoms with Gasteiger partial charge >= 0.3 is 6.18 Å². The molecule has 3 rings (SSSR count). The molecule has 2 heterocycles. The number of nitrogens with two attached hydrogens (primary N) is 1. The van der Waals surface area contributed by atoms with E-state index in [2.05, 4.69) is 9.97 Å². The van der Waals surface area contributed by atoms with Crippen LogP contribution in [-0.2, 0) is 12.7 Å². The fourth-order valence-electron chi connectivity index (χ4n) is 3.05. The number of carbonyl (C=O) groups is 1. The molecule has 158 valence electrons. The van der Waals surface area contributed by atoms with Crippen LogP contribution in [0.1, 0.15) is 45.1 Å². The summed E-state index contributed by atoms with van der Waals surface area (Å²) in [7, 11) is 0. The molecule has 0 spiro atoms. The number of hydrogen-bond donors (Lipinski definition) is 1. The number of aryl methyl sites for hydroxylation is 1. The van der Waals surface area contributed by atoms with Gasteiger partial charge in [0, 0.05) is 27.8 Å². The third-order valence-corrected chi connectivity index (χ3v) is 4.47. The fourth-order valence-corrected chi connectivity index (χ4v) is 3.05. The van der Waals surface area contributed by atoms with E-state index in [1.807, 2.05) is 13.8 Å². The van der Waals surface area contributed by atoms with Crippen molar-refractivity contribution >= 4 is 22.6 Å². The van der Waals surface area contributed by atoms with E-state index in [4.69, 9.17) is 9.85 Å². The molecule has 0 saturated heterocycles. The Hall–Kier alpha value is -3.16. The van der Waals surface area contributed by atoms with Gasteiger partial charge in [0.1, 0.15) is 5.82 Å². The number of benzene rings is 1. The van der Waals surface area contributed by atoms with E-state index in [9.17, 15) is 18.0 Å².